The summed E-state index contributed by atoms with van der Waals surface area (Å²) >= 11 is 0. The first kappa shape index (κ1) is 16.3. The van der Waals surface area contributed by atoms with Crippen LogP contribution in [0.25, 0.3) is 0 Å². The van der Waals surface area contributed by atoms with Crippen molar-refractivity contribution >= 4 is 0 Å². The number of piperazine rings is 1. The maximum Gasteiger partial charge on any atom is 0.118 e. The number of benzene rings is 1. The van der Waals surface area contributed by atoms with Crippen LogP contribution in [0.3, 0.4) is 0 Å². The van der Waals surface area contributed by atoms with Crippen LogP contribution in [-0.4, -0.2) is 36.2 Å². The molecule has 0 atom stereocenters. The van der Waals surface area contributed by atoms with E-state index in [-0.39, 0.29) is 11.1 Å². The van der Waals surface area contributed by atoms with E-state index in [0.717, 1.165) is 25.4 Å². The molecule has 1 N–H and O–H groups in total. The lowest BCUT2D eigenvalue weighted by Crippen LogP contribution is -2.67. The van der Waals surface area contributed by atoms with E-state index in [1.165, 1.54) is 18.4 Å². The molecule has 0 aliphatic carbocycles. The van der Waals surface area contributed by atoms with E-state index >= 15 is 0 Å². The minimum Gasteiger partial charge on any atom is -0.497 e. The van der Waals surface area contributed by atoms with Crippen LogP contribution in [0.2, 0.25) is 0 Å². The smallest absolute Gasteiger partial charge is 0.118 e. The van der Waals surface area contributed by atoms with Gasteiger partial charge in [-0.3, -0.25) is 4.90 Å². The van der Waals surface area contributed by atoms with Gasteiger partial charge >= 0.3 is 0 Å². The van der Waals surface area contributed by atoms with Crippen LogP contribution in [-0.2, 0) is 6.54 Å². The van der Waals surface area contributed by atoms with E-state index in [0.29, 0.717) is 0 Å². The van der Waals surface area contributed by atoms with Crippen molar-refractivity contribution in [2.24, 2.45) is 0 Å². The molecule has 3 nitrogen and oxygen atoms in total. The van der Waals surface area contributed by atoms with Crippen molar-refractivity contribution in [2.75, 3.05) is 20.2 Å². The second kappa shape index (κ2) is 6.37. The van der Waals surface area contributed by atoms with Crippen molar-refractivity contribution in [3.8, 4) is 5.75 Å². The minimum atomic E-state index is 0.181. The Morgan fingerprint density at radius 1 is 1.14 bits per heavy atom. The van der Waals surface area contributed by atoms with Crippen LogP contribution in [0.15, 0.2) is 24.3 Å². The third kappa shape index (κ3) is 3.58. The Balaban J connectivity index is 2.19. The normalized spacial score (nSPS) is 21.2. The molecule has 0 spiro atoms. The zero-order valence-electron chi connectivity index (χ0n) is 14.2. The van der Waals surface area contributed by atoms with E-state index in [1.807, 2.05) is 0 Å². The fourth-order valence-corrected chi connectivity index (χ4v) is 3.34. The SMILES string of the molecule is CCC1(CC)CNC(C)(C)CN1Cc1ccc(OC)cc1. The van der Waals surface area contributed by atoms with E-state index in [9.17, 15) is 0 Å². The standard InChI is InChI=1S/C18H30N2O/c1-6-18(7-2)13-19-17(3,4)14-20(18)12-15-8-10-16(21-5)11-9-15/h8-11,19H,6-7,12-14H2,1-5H3. The Morgan fingerprint density at radius 2 is 1.76 bits per heavy atom. The number of nitrogens with one attached hydrogen (secondary N) is 1. The van der Waals surface area contributed by atoms with Crippen molar-refractivity contribution in [3.63, 3.8) is 0 Å². The summed E-state index contributed by atoms with van der Waals surface area (Å²) in [6.07, 6.45) is 2.37. The molecule has 1 aliphatic heterocycles. The molecule has 1 aliphatic rings. The van der Waals surface area contributed by atoms with Gasteiger partial charge in [-0.05, 0) is 44.4 Å². The molecular formula is C18H30N2O. The third-order valence-electron chi connectivity index (χ3n) is 5.00. The Bertz CT molecular complexity index is 449. The second-order valence-electron chi connectivity index (χ2n) is 6.87. The quantitative estimate of drug-likeness (QED) is 0.899. The number of methoxy groups -OCH3 is 1. The molecule has 1 saturated heterocycles. The summed E-state index contributed by atoms with van der Waals surface area (Å²) in [6, 6.07) is 8.48. The van der Waals surface area contributed by atoms with Crippen molar-refractivity contribution in [1.29, 1.82) is 0 Å². The van der Waals surface area contributed by atoms with Crippen molar-refractivity contribution in [2.45, 2.75) is 58.2 Å². The molecule has 2 rings (SSSR count). The molecule has 0 radical (unpaired) electrons. The lowest BCUT2D eigenvalue weighted by molar-refractivity contribution is 0.00233. The largest absolute Gasteiger partial charge is 0.497 e. The van der Waals surface area contributed by atoms with Gasteiger partial charge in [-0.1, -0.05) is 26.0 Å². The van der Waals surface area contributed by atoms with Gasteiger partial charge in [0, 0.05) is 30.7 Å². The van der Waals surface area contributed by atoms with Gasteiger partial charge in [0.25, 0.3) is 0 Å². The molecule has 3 heteroatoms. The molecule has 1 aromatic carbocycles. The molecule has 0 bridgehead atoms. The van der Waals surface area contributed by atoms with E-state index in [2.05, 4.69) is 62.2 Å². The molecule has 1 heterocycles. The summed E-state index contributed by atoms with van der Waals surface area (Å²) in [5, 5.41) is 3.72. The monoisotopic (exact) mass is 290 g/mol. The molecule has 1 fully saturated rings. The predicted molar refractivity (Wildman–Crippen MR) is 88.8 cm³/mol. The summed E-state index contributed by atoms with van der Waals surface area (Å²) in [5.41, 5.74) is 1.82. The number of rotatable bonds is 5. The lowest BCUT2D eigenvalue weighted by atomic mass is 9.84. The predicted octanol–water partition coefficient (Wildman–Crippen LogP) is 3.44. The Morgan fingerprint density at radius 3 is 2.29 bits per heavy atom. The minimum absolute atomic E-state index is 0.181. The molecule has 0 unspecified atom stereocenters. The summed E-state index contributed by atoms with van der Waals surface area (Å²) in [4.78, 5) is 2.67. The van der Waals surface area contributed by atoms with E-state index in [1.54, 1.807) is 7.11 Å². The second-order valence-corrected chi connectivity index (χ2v) is 6.87. The number of ether oxygens (including phenoxy) is 1. The van der Waals surface area contributed by atoms with E-state index in [4.69, 9.17) is 4.74 Å². The molecule has 118 valence electrons. The summed E-state index contributed by atoms with van der Waals surface area (Å²) in [7, 11) is 1.72. The Kier molecular flexibility index (Phi) is 4.95. The highest BCUT2D eigenvalue weighted by Crippen LogP contribution is 2.31. The van der Waals surface area contributed by atoms with Crippen molar-refractivity contribution in [1.82, 2.24) is 10.2 Å². The van der Waals surface area contributed by atoms with E-state index < -0.39 is 0 Å². The highest BCUT2D eigenvalue weighted by molar-refractivity contribution is 5.27. The highest BCUT2D eigenvalue weighted by Gasteiger charge is 2.41. The molecule has 0 saturated carbocycles. The maximum absolute atomic E-state index is 5.25. The first-order valence-corrected chi connectivity index (χ1v) is 8.08. The van der Waals surface area contributed by atoms with Crippen LogP contribution >= 0.6 is 0 Å². The van der Waals surface area contributed by atoms with Gasteiger partial charge in [0.1, 0.15) is 5.75 Å². The average Bonchev–Trinajstić information content (AvgIpc) is 2.48. The van der Waals surface area contributed by atoms with Crippen LogP contribution in [0.1, 0.15) is 46.1 Å². The van der Waals surface area contributed by atoms with Crippen molar-refractivity contribution in [3.05, 3.63) is 29.8 Å². The Hall–Kier alpha value is -1.06. The maximum atomic E-state index is 5.25. The van der Waals surface area contributed by atoms with Gasteiger partial charge in [0.05, 0.1) is 7.11 Å². The average molecular weight is 290 g/mol. The van der Waals surface area contributed by atoms with Gasteiger partial charge in [0.15, 0.2) is 0 Å². The third-order valence-corrected chi connectivity index (χ3v) is 5.00. The fraction of sp³-hybridized carbons (Fsp3) is 0.667. The first-order valence-electron chi connectivity index (χ1n) is 8.08. The lowest BCUT2D eigenvalue weighted by Gasteiger charge is -2.52. The zero-order valence-corrected chi connectivity index (χ0v) is 14.2. The first-order chi connectivity index (χ1) is 9.94. The van der Waals surface area contributed by atoms with Crippen molar-refractivity contribution < 1.29 is 4.74 Å². The summed E-state index contributed by atoms with van der Waals surface area (Å²) in [6.45, 7) is 12.4. The summed E-state index contributed by atoms with van der Waals surface area (Å²) in [5.74, 6) is 0.927. The van der Waals surface area contributed by atoms with Gasteiger partial charge < -0.3 is 10.1 Å². The van der Waals surface area contributed by atoms with Gasteiger partial charge in [0.2, 0.25) is 0 Å². The van der Waals surface area contributed by atoms with Gasteiger partial charge in [-0.2, -0.15) is 0 Å². The molecular weight excluding hydrogens is 260 g/mol. The van der Waals surface area contributed by atoms with Gasteiger partial charge in [-0.25, -0.2) is 0 Å². The van der Waals surface area contributed by atoms with Crippen LogP contribution < -0.4 is 10.1 Å². The Labute approximate surface area is 129 Å². The van der Waals surface area contributed by atoms with Crippen LogP contribution in [0.4, 0.5) is 0 Å². The molecule has 0 aromatic heterocycles. The van der Waals surface area contributed by atoms with Crippen LogP contribution in [0, 0.1) is 0 Å². The topological polar surface area (TPSA) is 24.5 Å². The highest BCUT2D eigenvalue weighted by atomic mass is 16.5. The number of hydrogen-bond acceptors (Lipinski definition) is 3. The molecule has 1 aromatic rings. The molecule has 21 heavy (non-hydrogen) atoms. The molecule has 0 amide bonds. The fourth-order valence-electron chi connectivity index (χ4n) is 3.34. The van der Waals surface area contributed by atoms with Crippen LogP contribution in [0.5, 0.6) is 5.75 Å². The number of hydrogen-bond donors (Lipinski definition) is 1. The van der Waals surface area contributed by atoms with Gasteiger partial charge in [-0.15, -0.1) is 0 Å². The summed E-state index contributed by atoms with van der Waals surface area (Å²) < 4.78 is 5.25. The zero-order chi connectivity index (χ0) is 15.5. The number of nitrogens with zero attached hydrogens (tertiary/aromatic N) is 1.